The number of ether oxygens (including phenoxy) is 1. The van der Waals surface area contributed by atoms with Gasteiger partial charge in [0.25, 0.3) is 5.56 Å². The number of aromatic nitrogens is 4. The van der Waals surface area contributed by atoms with E-state index in [-0.39, 0.29) is 35.1 Å². The fraction of sp³-hybridized carbons (Fsp3) is 0.231. The van der Waals surface area contributed by atoms with E-state index >= 15 is 0 Å². The monoisotopic (exact) mass is 496 g/mol. The zero-order valence-corrected chi connectivity index (χ0v) is 20.4. The fourth-order valence-electron chi connectivity index (χ4n) is 3.55. The molecule has 180 valence electrons. The normalized spacial score (nSPS) is 11.2. The van der Waals surface area contributed by atoms with Crippen LogP contribution in [0.2, 0.25) is 5.02 Å². The third-order valence-electron chi connectivity index (χ3n) is 5.48. The van der Waals surface area contributed by atoms with Gasteiger partial charge in [0.15, 0.2) is 0 Å². The second-order valence-electron chi connectivity index (χ2n) is 8.38. The molecule has 6 nitrogen and oxygen atoms in total. The Morgan fingerprint density at radius 2 is 1.83 bits per heavy atom. The van der Waals surface area contributed by atoms with Gasteiger partial charge in [0.05, 0.1) is 22.0 Å². The molecule has 0 bridgehead atoms. The molecule has 0 amide bonds. The van der Waals surface area contributed by atoms with E-state index in [1.807, 2.05) is 19.9 Å². The number of aryl methyl sites for hydroxylation is 1. The average Bonchev–Trinajstić information content (AvgIpc) is 2.82. The van der Waals surface area contributed by atoms with Crippen molar-refractivity contribution in [2.24, 2.45) is 0 Å². The van der Waals surface area contributed by atoms with Crippen LogP contribution in [-0.2, 0) is 6.61 Å². The second-order valence-corrected chi connectivity index (χ2v) is 8.78. The van der Waals surface area contributed by atoms with Gasteiger partial charge in [-0.3, -0.25) is 9.36 Å². The van der Waals surface area contributed by atoms with E-state index in [2.05, 4.69) is 15.0 Å². The van der Waals surface area contributed by atoms with Crippen molar-refractivity contribution >= 4 is 11.6 Å². The number of nitrogens with zero attached hydrogens (tertiary/aromatic N) is 4. The van der Waals surface area contributed by atoms with Gasteiger partial charge in [0.1, 0.15) is 29.9 Å². The Hall–Kier alpha value is -3.65. The molecule has 0 aliphatic carbocycles. The van der Waals surface area contributed by atoms with E-state index in [1.54, 1.807) is 38.2 Å². The Labute approximate surface area is 206 Å². The highest BCUT2D eigenvalue weighted by molar-refractivity contribution is 6.32. The van der Waals surface area contributed by atoms with Crippen LogP contribution in [0.25, 0.3) is 16.9 Å². The van der Waals surface area contributed by atoms with Crippen molar-refractivity contribution in [2.45, 2.75) is 40.2 Å². The van der Waals surface area contributed by atoms with Crippen LogP contribution in [0.4, 0.5) is 8.78 Å². The summed E-state index contributed by atoms with van der Waals surface area (Å²) in [6.07, 6.45) is 1.70. The molecule has 0 unspecified atom stereocenters. The summed E-state index contributed by atoms with van der Waals surface area (Å²) in [4.78, 5) is 26.6. The predicted molar refractivity (Wildman–Crippen MR) is 130 cm³/mol. The van der Waals surface area contributed by atoms with Crippen LogP contribution in [-0.4, -0.2) is 19.5 Å². The van der Waals surface area contributed by atoms with Gasteiger partial charge in [-0.25, -0.2) is 18.7 Å². The molecular weight excluding hydrogens is 474 g/mol. The average molecular weight is 497 g/mol. The zero-order chi connectivity index (χ0) is 25.3. The van der Waals surface area contributed by atoms with Crippen LogP contribution in [0, 0.1) is 25.5 Å². The van der Waals surface area contributed by atoms with Crippen LogP contribution in [0.15, 0.2) is 53.5 Å². The molecule has 0 fully saturated rings. The molecular formula is C26H23ClF2N4O2. The Balaban J connectivity index is 1.71. The molecule has 0 N–H and O–H groups in total. The molecule has 2 aromatic carbocycles. The molecule has 0 spiro atoms. The van der Waals surface area contributed by atoms with Crippen LogP contribution >= 0.6 is 11.6 Å². The number of hydrogen-bond acceptors (Lipinski definition) is 5. The lowest BCUT2D eigenvalue weighted by atomic mass is 10.1. The van der Waals surface area contributed by atoms with E-state index in [0.717, 1.165) is 17.7 Å². The quantitative estimate of drug-likeness (QED) is 0.330. The van der Waals surface area contributed by atoms with Crippen molar-refractivity contribution in [1.29, 1.82) is 0 Å². The molecule has 0 saturated carbocycles. The summed E-state index contributed by atoms with van der Waals surface area (Å²) in [7, 11) is 0. The van der Waals surface area contributed by atoms with Gasteiger partial charge in [-0.15, -0.1) is 0 Å². The number of benzene rings is 2. The Bertz CT molecular complexity index is 1470. The van der Waals surface area contributed by atoms with Gasteiger partial charge < -0.3 is 4.74 Å². The Kier molecular flexibility index (Phi) is 6.93. The van der Waals surface area contributed by atoms with Gasteiger partial charge in [-0.05, 0) is 44.2 Å². The lowest BCUT2D eigenvalue weighted by molar-refractivity contribution is 0.283. The van der Waals surface area contributed by atoms with E-state index in [4.69, 9.17) is 16.3 Å². The highest BCUT2D eigenvalue weighted by atomic mass is 35.5. The summed E-state index contributed by atoms with van der Waals surface area (Å²) in [5, 5.41) is 0.361. The maximum absolute atomic E-state index is 14.0. The maximum Gasteiger partial charge on any atom is 0.264 e. The predicted octanol–water partition coefficient (Wildman–Crippen LogP) is 5.94. The lowest BCUT2D eigenvalue weighted by Crippen LogP contribution is -2.25. The first kappa shape index (κ1) is 24.5. The van der Waals surface area contributed by atoms with E-state index in [0.29, 0.717) is 28.1 Å². The van der Waals surface area contributed by atoms with Crippen molar-refractivity contribution in [3.63, 3.8) is 0 Å². The van der Waals surface area contributed by atoms with Crippen LogP contribution in [0.1, 0.15) is 42.5 Å². The van der Waals surface area contributed by atoms with Gasteiger partial charge in [-0.2, -0.15) is 4.98 Å². The molecule has 4 rings (SSSR count). The van der Waals surface area contributed by atoms with Gasteiger partial charge in [-0.1, -0.05) is 31.5 Å². The molecule has 2 heterocycles. The summed E-state index contributed by atoms with van der Waals surface area (Å²) >= 11 is 6.48. The minimum Gasteiger partial charge on any atom is -0.472 e. The highest BCUT2D eigenvalue weighted by Gasteiger charge is 2.18. The standard InChI is InChI=1S/C26H23ClF2N4O2/c1-14(2)24-30-10-9-22(32-24)17-6-8-20(27)23(11-17)33-16(4)31-25(15(3)26(33)34)35-13-18-5-7-19(28)12-21(18)29/h5-12,14H,13H2,1-4H3. The van der Waals surface area contributed by atoms with Gasteiger partial charge >= 0.3 is 0 Å². The molecule has 0 aliphatic rings. The third-order valence-corrected chi connectivity index (χ3v) is 5.80. The van der Waals surface area contributed by atoms with E-state index in [1.165, 1.54) is 10.6 Å². The second kappa shape index (κ2) is 9.92. The minimum absolute atomic E-state index is 0.0668. The SMILES string of the molecule is Cc1c(OCc2ccc(F)cc2F)nc(C)n(-c2cc(-c3ccnc(C(C)C)n3)ccc2Cl)c1=O. The summed E-state index contributed by atoms with van der Waals surface area (Å²) in [6.45, 7) is 7.04. The fourth-order valence-corrected chi connectivity index (χ4v) is 3.75. The zero-order valence-electron chi connectivity index (χ0n) is 19.6. The smallest absolute Gasteiger partial charge is 0.264 e. The Morgan fingerprint density at radius 3 is 2.54 bits per heavy atom. The highest BCUT2D eigenvalue weighted by Crippen LogP contribution is 2.28. The topological polar surface area (TPSA) is 69.9 Å². The molecule has 0 saturated heterocycles. The summed E-state index contributed by atoms with van der Waals surface area (Å²) in [5.74, 6) is -0.141. The van der Waals surface area contributed by atoms with Crippen molar-refractivity contribution < 1.29 is 13.5 Å². The lowest BCUT2D eigenvalue weighted by Gasteiger charge is -2.16. The maximum atomic E-state index is 14.0. The summed E-state index contributed by atoms with van der Waals surface area (Å²) in [5.41, 5.74) is 1.92. The first-order valence-corrected chi connectivity index (χ1v) is 11.3. The molecule has 2 aromatic heterocycles. The van der Waals surface area contributed by atoms with Crippen molar-refractivity contribution in [3.8, 4) is 22.8 Å². The largest absolute Gasteiger partial charge is 0.472 e. The summed E-state index contributed by atoms with van der Waals surface area (Å²) < 4.78 is 34.1. The van der Waals surface area contributed by atoms with Crippen molar-refractivity contribution in [2.75, 3.05) is 0 Å². The van der Waals surface area contributed by atoms with Crippen molar-refractivity contribution in [1.82, 2.24) is 19.5 Å². The summed E-state index contributed by atoms with van der Waals surface area (Å²) in [6, 6.07) is 10.3. The third kappa shape index (κ3) is 5.07. The van der Waals surface area contributed by atoms with Gasteiger partial charge in [0, 0.05) is 29.3 Å². The first-order chi connectivity index (χ1) is 16.7. The Morgan fingerprint density at radius 1 is 1.06 bits per heavy atom. The van der Waals surface area contributed by atoms with Gasteiger partial charge in [0.2, 0.25) is 5.88 Å². The number of hydrogen-bond donors (Lipinski definition) is 0. The molecule has 0 atom stereocenters. The molecule has 0 aliphatic heterocycles. The van der Waals surface area contributed by atoms with Crippen LogP contribution < -0.4 is 10.3 Å². The first-order valence-electron chi connectivity index (χ1n) is 11.0. The molecule has 9 heteroatoms. The van der Waals surface area contributed by atoms with Crippen LogP contribution in [0.5, 0.6) is 5.88 Å². The molecule has 4 aromatic rings. The van der Waals surface area contributed by atoms with E-state index in [9.17, 15) is 13.6 Å². The van der Waals surface area contributed by atoms with Crippen molar-refractivity contribution in [3.05, 3.63) is 98.4 Å². The number of rotatable bonds is 6. The molecule has 0 radical (unpaired) electrons. The van der Waals surface area contributed by atoms with E-state index < -0.39 is 11.6 Å². The number of halogens is 3. The molecule has 35 heavy (non-hydrogen) atoms. The van der Waals surface area contributed by atoms with Crippen LogP contribution in [0.3, 0.4) is 0 Å². The minimum atomic E-state index is -0.735.